The first-order valence-electron chi connectivity index (χ1n) is 16.4. The first-order chi connectivity index (χ1) is 22.5. The van der Waals surface area contributed by atoms with E-state index in [1.54, 1.807) is 24.3 Å². The van der Waals surface area contributed by atoms with Crippen molar-refractivity contribution >= 4 is 34.5 Å². The van der Waals surface area contributed by atoms with E-state index in [-0.39, 0.29) is 23.9 Å². The fourth-order valence-electron chi connectivity index (χ4n) is 6.66. The lowest BCUT2D eigenvalue weighted by atomic mass is 9.90. The molecule has 2 fully saturated rings. The molecule has 0 spiro atoms. The molecule has 0 unspecified atom stereocenters. The van der Waals surface area contributed by atoms with E-state index < -0.39 is 0 Å². The molecule has 0 radical (unpaired) electrons. The molecule has 1 saturated carbocycles. The minimum atomic E-state index is -0.207. The van der Waals surface area contributed by atoms with Crippen molar-refractivity contribution in [3.05, 3.63) is 106 Å². The number of carbonyl (C=O) groups excluding carboxylic acids is 2. The SMILES string of the molecule is N#Cc1ccc(C(=O)Nc2cc(-c3cccc(CN(C(=O)c4cccs4)C4CCC(N)CC4)c3)ccc2N2CCCCCC2)cc1. The number of benzene rings is 3. The number of rotatable bonds is 8. The average molecular weight is 632 g/mol. The molecule has 3 aromatic carbocycles. The number of anilines is 2. The Morgan fingerprint density at radius 3 is 2.33 bits per heavy atom. The Kier molecular flexibility index (Phi) is 10.1. The highest BCUT2D eigenvalue weighted by Gasteiger charge is 2.29. The third-order valence-electron chi connectivity index (χ3n) is 9.26. The summed E-state index contributed by atoms with van der Waals surface area (Å²) in [5.41, 5.74) is 12.1. The van der Waals surface area contributed by atoms with E-state index in [1.807, 2.05) is 28.5 Å². The van der Waals surface area contributed by atoms with E-state index in [1.165, 1.54) is 24.2 Å². The largest absolute Gasteiger partial charge is 0.370 e. The monoisotopic (exact) mass is 631 g/mol. The van der Waals surface area contributed by atoms with Crippen molar-refractivity contribution < 1.29 is 9.59 Å². The number of hydrogen-bond acceptors (Lipinski definition) is 6. The number of nitrogens with two attached hydrogens (primary N) is 1. The maximum atomic E-state index is 13.7. The van der Waals surface area contributed by atoms with Crippen molar-refractivity contribution in [1.82, 2.24) is 4.90 Å². The number of hydrogen-bond donors (Lipinski definition) is 2. The van der Waals surface area contributed by atoms with Gasteiger partial charge >= 0.3 is 0 Å². The van der Waals surface area contributed by atoms with Gasteiger partial charge in [0.05, 0.1) is 27.9 Å². The van der Waals surface area contributed by atoms with Gasteiger partial charge in [0.2, 0.25) is 0 Å². The van der Waals surface area contributed by atoms with Gasteiger partial charge in [0.15, 0.2) is 0 Å². The average Bonchev–Trinajstić information content (AvgIpc) is 3.50. The lowest BCUT2D eigenvalue weighted by Gasteiger charge is -2.36. The fraction of sp³-hybridized carbons (Fsp3) is 0.342. The third-order valence-corrected chi connectivity index (χ3v) is 10.1. The highest BCUT2D eigenvalue weighted by molar-refractivity contribution is 7.12. The van der Waals surface area contributed by atoms with Crippen LogP contribution in [-0.4, -0.2) is 41.9 Å². The molecule has 1 aliphatic carbocycles. The summed E-state index contributed by atoms with van der Waals surface area (Å²) in [6.07, 6.45) is 8.37. The predicted molar refractivity (Wildman–Crippen MR) is 186 cm³/mol. The van der Waals surface area contributed by atoms with E-state index in [2.05, 4.69) is 52.7 Å². The zero-order valence-electron chi connectivity index (χ0n) is 26.2. The lowest BCUT2D eigenvalue weighted by Crippen LogP contribution is -2.43. The van der Waals surface area contributed by atoms with Gasteiger partial charge in [-0.25, -0.2) is 0 Å². The first kappa shape index (κ1) is 31.5. The molecule has 1 aliphatic heterocycles. The van der Waals surface area contributed by atoms with E-state index in [9.17, 15) is 14.9 Å². The topological polar surface area (TPSA) is 102 Å². The second-order valence-corrected chi connectivity index (χ2v) is 13.4. The van der Waals surface area contributed by atoms with Crippen molar-refractivity contribution in [2.75, 3.05) is 23.3 Å². The minimum absolute atomic E-state index is 0.0791. The number of nitriles is 1. The molecule has 7 nitrogen and oxygen atoms in total. The van der Waals surface area contributed by atoms with Crippen LogP contribution in [0.2, 0.25) is 0 Å². The summed E-state index contributed by atoms with van der Waals surface area (Å²) in [4.78, 5) is 32.3. The summed E-state index contributed by atoms with van der Waals surface area (Å²) in [6, 6.07) is 27.7. The van der Waals surface area contributed by atoms with Crippen LogP contribution in [-0.2, 0) is 6.54 Å². The highest BCUT2D eigenvalue weighted by Crippen LogP contribution is 2.34. The molecule has 3 N–H and O–H groups in total. The quantitative estimate of drug-likeness (QED) is 0.206. The summed E-state index contributed by atoms with van der Waals surface area (Å²) in [6.45, 7) is 2.43. The lowest BCUT2D eigenvalue weighted by molar-refractivity contribution is 0.0611. The highest BCUT2D eigenvalue weighted by atomic mass is 32.1. The van der Waals surface area contributed by atoms with Crippen LogP contribution in [0.25, 0.3) is 11.1 Å². The van der Waals surface area contributed by atoms with Gasteiger partial charge < -0.3 is 20.9 Å². The van der Waals surface area contributed by atoms with Crippen LogP contribution in [0.5, 0.6) is 0 Å². The Labute approximate surface area is 275 Å². The number of nitrogens with one attached hydrogen (secondary N) is 1. The van der Waals surface area contributed by atoms with E-state index >= 15 is 0 Å². The Morgan fingerprint density at radius 2 is 1.63 bits per heavy atom. The molecular formula is C38H41N5O2S. The second-order valence-electron chi connectivity index (χ2n) is 12.5. The van der Waals surface area contributed by atoms with Crippen LogP contribution in [0.3, 0.4) is 0 Å². The van der Waals surface area contributed by atoms with Gasteiger partial charge in [-0.1, -0.05) is 43.2 Å². The standard InChI is InChI=1S/C38H41N5O2S/c39-25-27-10-12-29(13-11-27)37(44)41-34-24-31(14-19-35(34)42-20-3-1-2-4-21-42)30-8-5-7-28(23-30)26-43(33-17-15-32(40)16-18-33)38(45)36-9-6-22-46-36/h5-14,19,22-24,32-33H,1-4,15-18,20-21,26,40H2,(H,41,44). The number of amides is 2. The van der Waals surface area contributed by atoms with Crippen LogP contribution in [0.4, 0.5) is 11.4 Å². The molecule has 8 heteroatoms. The van der Waals surface area contributed by atoms with Crippen molar-refractivity contribution in [2.45, 2.75) is 70.0 Å². The summed E-state index contributed by atoms with van der Waals surface area (Å²) >= 11 is 1.49. The molecule has 2 aliphatic rings. The third kappa shape index (κ3) is 7.50. The Morgan fingerprint density at radius 1 is 0.891 bits per heavy atom. The summed E-state index contributed by atoms with van der Waals surface area (Å²) in [7, 11) is 0. The van der Waals surface area contributed by atoms with Crippen molar-refractivity contribution in [3.63, 3.8) is 0 Å². The van der Waals surface area contributed by atoms with Crippen LogP contribution < -0.4 is 16.0 Å². The van der Waals surface area contributed by atoms with Crippen molar-refractivity contribution in [3.8, 4) is 17.2 Å². The molecule has 0 bridgehead atoms. The van der Waals surface area contributed by atoms with Gasteiger partial charge in [-0.15, -0.1) is 11.3 Å². The molecule has 4 aromatic rings. The molecule has 236 valence electrons. The van der Waals surface area contributed by atoms with E-state index in [0.29, 0.717) is 17.7 Å². The summed E-state index contributed by atoms with van der Waals surface area (Å²) in [5.74, 6) is -0.128. The van der Waals surface area contributed by atoms with Gasteiger partial charge in [0.1, 0.15) is 0 Å². The molecule has 1 saturated heterocycles. The number of thiophene rings is 1. The molecule has 0 atom stereocenters. The Bertz CT molecular complexity index is 1680. The van der Waals surface area contributed by atoms with Crippen LogP contribution in [0, 0.1) is 11.3 Å². The molecule has 2 amide bonds. The van der Waals surface area contributed by atoms with Gasteiger partial charge in [0.25, 0.3) is 11.8 Å². The maximum absolute atomic E-state index is 13.7. The van der Waals surface area contributed by atoms with Gasteiger partial charge in [-0.3, -0.25) is 9.59 Å². The zero-order chi connectivity index (χ0) is 31.9. The first-order valence-corrected chi connectivity index (χ1v) is 17.3. The van der Waals surface area contributed by atoms with Crippen LogP contribution in [0.15, 0.2) is 84.2 Å². The fourth-order valence-corrected chi connectivity index (χ4v) is 7.34. The molecular weight excluding hydrogens is 591 g/mol. The zero-order valence-corrected chi connectivity index (χ0v) is 27.0. The second kappa shape index (κ2) is 14.8. The molecule has 46 heavy (non-hydrogen) atoms. The molecule has 6 rings (SSSR count). The Balaban J connectivity index is 1.29. The normalized spacial score (nSPS) is 18.3. The van der Waals surface area contributed by atoms with E-state index in [4.69, 9.17) is 5.73 Å². The number of carbonyl (C=O) groups is 2. The summed E-state index contributed by atoms with van der Waals surface area (Å²) in [5, 5.41) is 14.3. The van der Waals surface area contributed by atoms with Gasteiger partial charge in [0, 0.05) is 37.3 Å². The smallest absolute Gasteiger partial charge is 0.264 e. The van der Waals surface area contributed by atoms with E-state index in [0.717, 1.165) is 84.6 Å². The maximum Gasteiger partial charge on any atom is 0.264 e. The molecule has 2 heterocycles. The predicted octanol–water partition coefficient (Wildman–Crippen LogP) is 7.83. The number of nitrogens with zero attached hydrogens (tertiary/aromatic N) is 3. The minimum Gasteiger partial charge on any atom is -0.370 e. The summed E-state index contributed by atoms with van der Waals surface area (Å²) < 4.78 is 0. The Hall–Kier alpha value is -4.45. The van der Waals surface area contributed by atoms with Gasteiger partial charge in [-0.2, -0.15) is 5.26 Å². The van der Waals surface area contributed by atoms with Crippen LogP contribution in [0.1, 0.15) is 82.5 Å². The van der Waals surface area contributed by atoms with Crippen molar-refractivity contribution in [1.29, 1.82) is 5.26 Å². The van der Waals surface area contributed by atoms with Gasteiger partial charge in [-0.05, 0) is 109 Å². The molecule has 1 aromatic heterocycles. The van der Waals surface area contributed by atoms with Crippen molar-refractivity contribution in [2.24, 2.45) is 5.73 Å². The van der Waals surface area contributed by atoms with Crippen LogP contribution >= 0.6 is 11.3 Å².